The lowest BCUT2D eigenvalue weighted by Crippen LogP contribution is -2.41. The molecule has 1 aromatic heterocycles. The van der Waals surface area contributed by atoms with Gasteiger partial charge >= 0.3 is 6.09 Å². The number of fused-ring (bicyclic) bond motifs is 1. The number of carbonyl (C=O) groups excluding carboxylic acids is 2. The van der Waals surface area contributed by atoms with Crippen molar-refractivity contribution in [3.63, 3.8) is 0 Å². The van der Waals surface area contributed by atoms with Crippen molar-refractivity contribution < 1.29 is 18.7 Å². The first kappa shape index (κ1) is 26.3. The highest BCUT2D eigenvalue weighted by Gasteiger charge is 2.37. The quantitative estimate of drug-likeness (QED) is 0.544. The number of aryl methyl sites for hydroxylation is 1. The van der Waals surface area contributed by atoms with Gasteiger partial charge in [-0.1, -0.05) is 39.8 Å². The summed E-state index contributed by atoms with van der Waals surface area (Å²) in [5.41, 5.74) is 5.18. The van der Waals surface area contributed by atoms with Crippen molar-refractivity contribution >= 4 is 12.0 Å². The topological polar surface area (TPSA) is 71.8 Å². The summed E-state index contributed by atoms with van der Waals surface area (Å²) in [6.07, 6.45) is 3.27. The van der Waals surface area contributed by atoms with E-state index in [4.69, 9.17) is 9.15 Å². The highest BCUT2D eigenvalue weighted by molar-refractivity contribution is 5.91. The van der Waals surface area contributed by atoms with Gasteiger partial charge in [0.25, 0.3) is 5.91 Å². The monoisotopic (exact) mass is 494 g/mol. The molecular formula is C30H42N2O4. The number of ether oxygens (including phenoxy) is 1. The standard InChI is InChI=1S/C30H42N2O4/c1-19-15-23-24(30(7,8)13-12-29(23,5)6)17-20(19)16-22-9-10-25(35-22)26(33)32-14-11-21(18-32)31-27(34)36-28(2,3)4/h9-10,15,17,21H,11-14,16,18H2,1-8H3,(H,31,34). The Morgan fingerprint density at radius 2 is 1.72 bits per heavy atom. The number of nitrogens with zero attached hydrogens (tertiary/aromatic N) is 1. The molecule has 4 rings (SSSR count). The van der Waals surface area contributed by atoms with Crippen LogP contribution < -0.4 is 5.32 Å². The number of hydrogen-bond donors (Lipinski definition) is 1. The molecule has 1 aliphatic heterocycles. The van der Waals surface area contributed by atoms with Crippen LogP contribution in [0.25, 0.3) is 0 Å². The van der Waals surface area contributed by atoms with E-state index in [1.807, 2.05) is 26.8 Å². The molecule has 0 saturated carbocycles. The highest BCUT2D eigenvalue weighted by Crippen LogP contribution is 2.46. The largest absolute Gasteiger partial charge is 0.456 e. The Balaban J connectivity index is 1.43. The zero-order valence-electron chi connectivity index (χ0n) is 23.2. The number of alkyl carbamates (subject to hydrolysis) is 1. The van der Waals surface area contributed by atoms with Crippen LogP contribution in [0, 0.1) is 6.92 Å². The van der Waals surface area contributed by atoms with Gasteiger partial charge in [-0.05, 0) is 92.2 Å². The molecule has 1 N–H and O–H groups in total. The lowest BCUT2D eigenvalue weighted by molar-refractivity contribution is 0.0501. The van der Waals surface area contributed by atoms with Crippen LogP contribution in [0.2, 0.25) is 0 Å². The second-order valence-electron chi connectivity index (χ2n) is 12.9. The zero-order chi connectivity index (χ0) is 26.5. The van der Waals surface area contributed by atoms with Crippen molar-refractivity contribution in [3.05, 3.63) is 58.0 Å². The van der Waals surface area contributed by atoms with E-state index >= 15 is 0 Å². The maximum Gasteiger partial charge on any atom is 0.407 e. The maximum atomic E-state index is 13.1. The van der Waals surface area contributed by atoms with Crippen molar-refractivity contribution in [3.8, 4) is 0 Å². The highest BCUT2D eigenvalue weighted by atomic mass is 16.6. The molecule has 1 atom stereocenters. The average Bonchev–Trinajstić information content (AvgIpc) is 3.40. The van der Waals surface area contributed by atoms with E-state index in [2.05, 4.69) is 52.1 Å². The van der Waals surface area contributed by atoms with E-state index in [9.17, 15) is 9.59 Å². The van der Waals surface area contributed by atoms with E-state index in [-0.39, 0.29) is 22.8 Å². The van der Waals surface area contributed by atoms with Crippen LogP contribution in [-0.2, 0) is 22.0 Å². The summed E-state index contributed by atoms with van der Waals surface area (Å²) in [6.45, 7) is 18.1. The van der Waals surface area contributed by atoms with Gasteiger partial charge in [-0.3, -0.25) is 4.79 Å². The Hall–Kier alpha value is -2.76. The second kappa shape index (κ2) is 9.28. The van der Waals surface area contributed by atoms with Gasteiger partial charge in [-0.15, -0.1) is 0 Å². The lowest BCUT2D eigenvalue weighted by Gasteiger charge is -2.42. The smallest absolute Gasteiger partial charge is 0.407 e. The van der Waals surface area contributed by atoms with Crippen molar-refractivity contribution in [2.45, 2.75) is 104 Å². The predicted molar refractivity (Wildman–Crippen MR) is 142 cm³/mol. The van der Waals surface area contributed by atoms with Gasteiger partial charge in [0, 0.05) is 19.5 Å². The van der Waals surface area contributed by atoms with Gasteiger partial charge in [0.15, 0.2) is 5.76 Å². The predicted octanol–water partition coefficient (Wildman–Crippen LogP) is 6.27. The fourth-order valence-electron chi connectivity index (χ4n) is 5.43. The number of carbonyl (C=O) groups is 2. The number of furan rings is 1. The third-order valence-corrected chi connectivity index (χ3v) is 7.74. The van der Waals surface area contributed by atoms with Crippen LogP contribution in [0.5, 0.6) is 0 Å². The third kappa shape index (κ3) is 5.63. The van der Waals surface area contributed by atoms with Crippen LogP contribution in [0.4, 0.5) is 4.79 Å². The van der Waals surface area contributed by atoms with E-state index in [1.165, 1.54) is 35.1 Å². The number of hydrogen-bond acceptors (Lipinski definition) is 4. The number of rotatable bonds is 4. The minimum atomic E-state index is -0.550. The average molecular weight is 495 g/mol. The van der Waals surface area contributed by atoms with Gasteiger partial charge < -0.3 is 19.4 Å². The molecule has 1 fully saturated rings. The van der Waals surface area contributed by atoms with Crippen molar-refractivity contribution in [2.75, 3.05) is 13.1 Å². The summed E-state index contributed by atoms with van der Waals surface area (Å²) in [5.74, 6) is 0.997. The number of amides is 2. The minimum Gasteiger partial charge on any atom is -0.456 e. The Kier molecular flexibility index (Phi) is 6.78. The molecule has 0 radical (unpaired) electrons. The normalized spacial score (nSPS) is 20.7. The third-order valence-electron chi connectivity index (χ3n) is 7.74. The Morgan fingerprint density at radius 1 is 1.08 bits per heavy atom. The fourth-order valence-corrected chi connectivity index (χ4v) is 5.43. The Labute approximate surface area is 215 Å². The summed E-state index contributed by atoms with van der Waals surface area (Å²) >= 11 is 0. The van der Waals surface area contributed by atoms with Gasteiger partial charge in [0.1, 0.15) is 11.4 Å². The molecule has 2 aromatic rings. The molecule has 1 aromatic carbocycles. The summed E-state index contributed by atoms with van der Waals surface area (Å²) in [4.78, 5) is 26.9. The van der Waals surface area contributed by atoms with Crippen LogP contribution in [-0.4, -0.2) is 41.6 Å². The van der Waals surface area contributed by atoms with Gasteiger partial charge in [-0.25, -0.2) is 4.79 Å². The number of likely N-dealkylation sites (tertiary alicyclic amines) is 1. The minimum absolute atomic E-state index is 0.121. The second-order valence-corrected chi connectivity index (χ2v) is 12.9. The molecule has 6 nitrogen and oxygen atoms in total. The summed E-state index contributed by atoms with van der Waals surface area (Å²) in [5, 5.41) is 2.87. The SMILES string of the molecule is Cc1cc2c(cc1Cc1ccc(C(=O)N3CCC(NC(=O)OC(C)(C)C)C3)o1)C(C)(C)CCC2(C)C. The first-order valence-corrected chi connectivity index (χ1v) is 13.2. The van der Waals surface area contributed by atoms with Gasteiger partial charge in [-0.2, -0.15) is 0 Å². The first-order valence-electron chi connectivity index (χ1n) is 13.2. The molecule has 1 unspecified atom stereocenters. The Morgan fingerprint density at radius 3 is 2.36 bits per heavy atom. The van der Waals surface area contributed by atoms with E-state index in [0.29, 0.717) is 31.7 Å². The molecule has 36 heavy (non-hydrogen) atoms. The summed E-state index contributed by atoms with van der Waals surface area (Å²) in [7, 11) is 0. The maximum absolute atomic E-state index is 13.1. The van der Waals surface area contributed by atoms with Crippen molar-refractivity contribution in [2.24, 2.45) is 0 Å². The van der Waals surface area contributed by atoms with Crippen molar-refractivity contribution in [1.82, 2.24) is 10.2 Å². The molecule has 0 bridgehead atoms. The van der Waals surface area contributed by atoms with Crippen LogP contribution in [0.3, 0.4) is 0 Å². The molecular weight excluding hydrogens is 452 g/mol. The molecule has 2 heterocycles. The molecule has 0 spiro atoms. The van der Waals surface area contributed by atoms with Crippen molar-refractivity contribution in [1.29, 1.82) is 0 Å². The molecule has 1 saturated heterocycles. The van der Waals surface area contributed by atoms with E-state index in [0.717, 1.165) is 5.76 Å². The van der Waals surface area contributed by atoms with E-state index < -0.39 is 11.7 Å². The van der Waals surface area contributed by atoms with Crippen LogP contribution in [0.1, 0.15) is 106 Å². The Bertz CT molecular complexity index is 1150. The zero-order valence-corrected chi connectivity index (χ0v) is 23.2. The van der Waals surface area contributed by atoms with Crippen LogP contribution >= 0.6 is 0 Å². The van der Waals surface area contributed by atoms with Gasteiger partial charge in [0.05, 0.1) is 6.04 Å². The van der Waals surface area contributed by atoms with Crippen LogP contribution in [0.15, 0.2) is 28.7 Å². The molecule has 2 amide bonds. The van der Waals surface area contributed by atoms with Gasteiger partial charge in [0.2, 0.25) is 0 Å². The molecule has 196 valence electrons. The molecule has 2 aliphatic rings. The lowest BCUT2D eigenvalue weighted by atomic mass is 9.62. The molecule has 1 aliphatic carbocycles. The fraction of sp³-hybridized carbons (Fsp3) is 0.600. The van der Waals surface area contributed by atoms with E-state index in [1.54, 1.807) is 11.0 Å². The summed E-state index contributed by atoms with van der Waals surface area (Å²) < 4.78 is 11.4. The molecule has 6 heteroatoms. The first-order chi connectivity index (χ1) is 16.6. The number of benzene rings is 1. The number of nitrogens with one attached hydrogen (secondary N) is 1. The summed E-state index contributed by atoms with van der Waals surface area (Å²) in [6, 6.07) is 8.29.